The van der Waals surface area contributed by atoms with Crippen LogP contribution < -0.4 is 0 Å². The van der Waals surface area contributed by atoms with Gasteiger partial charge in [-0.05, 0) is 0 Å². The lowest BCUT2D eigenvalue weighted by atomic mass is 10.6. The van der Waals surface area contributed by atoms with Crippen LogP contribution in [0, 0.1) is 0 Å². The van der Waals surface area contributed by atoms with Gasteiger partial charge in [0.25, 0.3) is 0 Å². The second kappa shape index (κ2) is 3.77. The first kappa shape index (κ1) is 9.70. The van der Waals surface area contributed by atoms with Crippen LogP contribution in [0.25, 0.3) is 0 Å². The summed E-state index contributed by atoms with van der Waals surface area (Å²) in [6.45, 7) is 4.12. The molecule has 0 aromatic rings. The summed E-state index contributed by atoms with van der Waals surface area (Å²) >= 11 is 16.2. The number of hydrogen-bond acceptors (Lipinski definition) is 4. The van der Waals surface area contributed by atoms with Gasteiger partial charge >= 0.3 is 0 Å². The normalized spacial score (nSPS) is 12.6. The lowest BCUT2D eigenvalue weighted by Gasteiger charge is -2.37. The maximum atomic E-state index is 4.86. The van der Waals surface area contributed by atoms with Crippen LogP contribution in [0.2, 0.25) is 0 Å². The van der Waals surface area contributed by atoms with Crippen molar-refractivity contribution in [1.29, 1.82) is 0 Å². The summed E-state index contributed by atoms with van der Waals surface area (Å²) in [6.07, 6.45) is 0. The van der Waals surface area contributed by atoms with E-state index in [4.69, 9.17) is 36.3 Å². The molecule has 0 aliphatic rings. The van der Waals surface area contributed by atoms with Crippen molar-refractivity contribution in [2.75, 3.05) is 0 Å². The highest BCUT2D eigenvalue weighted by molar-refractivity contribution is 9.10. The SMILES string of the molecule is CC(C)SP(=S)([S-])[S-]. The molecule has 0 bridgehead atoms. The van der Waals surface area contributed by atoms with Crippen molar-refractivity contribution in [2.24, 2.45) is 0 Å². The van der Waals surface area contributed by atoms with Gasteiger partial charge in [-0.25, -0.2) is 3.64 Å². The van der Waals surface area contributed by atoms with E-state index in [1.54, 1.807) is 11.4 Å². The summed E-state index contributed by atoms with van der Waals surface area (Å²) in [5.41, 5.74) is 0. The van der Waals surface area contributed by atoms with Gasteiger partial charge in [0.15, 0.2) is 0 Å². The van der Waals surface area contributed by atoms with E-state index in [0.717, 1.165) is 0 Å². The molecule has 0 aromatic carbocycles. The third-order valence-corrected chi connectivity index (χ3v) is 5.38. The Morgan fingerprint density at radius 2 is 1.88 bits per heavy atom. The molecule has 5 heteroatoms. The first-order valence-electron chi connectivity index (χ1n) is 2.12. The molecule has 8 heavy (non-hydrogen) atoms. The molecule has 0 N–H and O–H groups in total. The van der Waals surface area contributed by atoms with Crippen LogP contribution >= 0.6 is 15.0 Å². The van der Waals surface area contributed by atoms with E-state index in [0.29, 0.717) is 5.25 Å². The van der Waals surface area contributed by atoms with Crippen LogP contribution in [0.5, 0.6) is 0 Å². The molecule has 0 aliphatic heterocycles. The van der Waals surface area contributed by atoms with Crippen molar-refractivity contribution in [3.8, 4) is 0 Å². The highest BCUT2D eigenvalue weighted by Gasteiger charge is 1.89. The molecule has 0 radical (unpaired) electrons. The molecule has 0 atom stereocenters. The van der Waals surface area contributed by atoms with Gasteiger partial charge in [-0.1, -0.05) is 13.8 Å². The molecular formula is C3H7PS4-2. The van der Waals surface area contributed by atoms with E-state index in [-0.39, 0.29) is 0 Å². The zero-order chi connectivity index (χ0) is 6.78. The molecule has 0 spiro atoms. The Morgan fingerprint density at radius 3 is 1.88 bits per heavy atom. The van der Waals surface area contributed by atoms with Crippen molar-refractivity contribution in [3.63, 3.8) is 0 Å². The van der Waals surface area contributed by atoms with Gasteiger partial charge < -0.3 is 24.5 Å². The Hall–Kier alpha value is 1.70. The summed E-state index contributed by atoms with van der Waals surface area (Å²) in [5.74, 6) is 0. The Bertz CT molecular complexity index is 104. The Kier molecular flexibility index (Phi) is 4.57. The van der Waals surface area contributed by atoms with Crippen molar-refractivity contribution in [2.45, 2.75) is 19.1 Å². The van der Waals surface area contributed by atoms with E-state index >= 15 is 0 Å². The second-order valence-electron chi connectivity index (χ2n) is 1.60. The van der Waals surface area contributed by atoms with Crippen LogP contribution in [0.1, 0.15) is 13.8 Å². The Labute approximate surface area is 70.3 Å². The number of rotatable bonds is 2. The van der Waals surface area contributed by atoms with Gasteiger partial charge in [0.1, 0.15) is 0 Å². The van der Waals surface area contributed by atoms with E-state index in [2.05, 4.69) is 13.8 Å². The quantitative estimate of drug-likeness (QED) is 0.498. The van der Waals surface area contributed by atoms with Crippen LogP contribution in [-0.2, 0) is 36.3 Å². The van der Waals surface area contributed by atoms with Gasteiger partial charge in [0.2, 0.25) is 0 Å². The minimum atomic E-state index is -1.81. The first-order valence-corrected chi connectivity index (χ1v) is 8.43. The lowest BCUT2D eigenvalue weighted by Crippen LogP contribution is -1.81. The smallest absolute Gasteiger partial charge is 0.000299 e. The standard InChI is InChI=1S/C3H9PS4/c1-3(2)8-4(5,6)7/h3H,1-2H3,(H2,5,6,7)/p-2. The molecule has 0 fully saturated rings. The van der Waals surface area contributed by atoms with Gasteiger partial charge in [0, 0.05) is 5.25 Å². The molecule has 0 nitrogen and oxygen atoms in total. The zero-order valence-corrected chi connectivity index (χ0v) is 8.82. The van der Waals surface area contributed by atoms with E-state index in [1.807, 2.05) is 0 Å². The minimum absolute atomic E-state index is 0.496. The van der Waals surface area contributed by atoms with Crippen molar-refractivity contribution < 1.29 is 0 Å². The molecular weight excluding hydrogens is 195 g/mol. The third-order valence-electron chi connectivity index (χ3n) is 0.340. The molecule has 0 unspecified atom stereocenters. The summed E-state index contributed by atoms with van der Waals surface area (Å²) in [4.78, 5) is 0. The summed E-state index contributed by atoms with van der Waals surface area (Å²) < 4.78 is -1.81. The van der Waals surface area contributed by atoms with Gasteiger partial charge in [-0.2, -0.15) is 11.4 Å². The van der Waals surface area contributed by atoms with Crippen molar-refractivity contribution in [1.82, 2.24) is 0 Å². The maximum Gasteiger partial charge on any atom is 0.000299 e. The predicted octanol–water partition coefficient (Wildman–Crippen LogP) is 2.45. The summed E-state index contributed by atoms with van der Waals surface area (Å²) in [6, 6.07) is 0. The maximum absolute atomic E-state index is 4.86. The van der Waals surface area contributed by atoms with Crippen LogP contribution in [0.4, 0.5) is 0 Å². The topological polar surface area (TPSA) is 0 Å². The molecule has 0 rings (SSSR count). The van der Waals surface area contributed by atoms with Gasteiger partial charge in [-0.15, -0.1) is 11.8 Å². The molecule has 50 valence electrons. The van der Waals surface area contributed by atoms with Crippen LogP contribution in [-0.4, -0.2) is 5.25 Å². The zero-order valence-electron chi connectivity index (χ0n) is 4.66. The number of hydrogen-bond donors (Lipinski definition) is 0. The molecule has 0 aromatic heterocycles. The molecule has 0 heterocycles. The van der Waals surface area contributed by atoms with Crippen molar-refractivity contribution >= 4 is 51.3 Å². The predicted molar refractivity (Wildman–Crippen MR) is 51.7 cm³/mol. The Morgan fingerprint density at radius 1 is 1.50 bits per heavy atom. The highest BCUT2D eigenvalue weighted by Crippen LogP contribution is 2.56. The average Bonchev–Trinajstić information content (AvgIpc) is 1.21. The highest BCUT2D eigenvalue weighted by atomic mass is 33.5. The molecule has 0 amide bonds. The van der Waals surface area contributed by atoms with E-state index < -0.39 is 3.64 Å². The van der Waals surface area contributed by atoms with Gasteiger partial charge in [0.05, 0.1) is 0 Å². The second-order valence-corrected chi connectivity index (χ2v) is 15.0. The summed E-state index contributed by atoms with van der Waals surface area (Å²) in [5, 5.41) is 0.496. The fourth-order valence-corrected chi connectivity index (χ4v) is 6.97. The summed E-state index contributed by atoms with van der Waals surface area (Å²) in [7, 11) is 0. The first-order chi connectivity index (χ1) is 3.42. The van der Waals surface area contributed by atoms with E-state index in [1.165, 1.54) is 0 Å². The van der Waals surface area contributed by atoms with Gasteiger partial charge in [-0.3, -0.25) is 0 Å². The van der Waals surface area contributed by atoms with Crippen LogP contribution in [0.15, 0.2) is 0 Å². The molecule has 0 saturated heterocycles. The fraction of sp³-hybridized carbons (Fsp3) is 1.00. The van der Waals surface area contributed by atoms with Crippen LogP contribution in [0.3, 0.4) is 0 Å². The molecule has 0 aliphatic carbocycles. The largest absolute Gasteiger partial charge is 0.760 e. The fourth-order valence-electron chi connectivity index (χ4n) is 0.258. The average molecular weight is 202 g/mol. The Balaban J connectivity index is 3.56. The van der Waals surface area contributed by atoms with E-state index in [9.17, 15) is 0 Å². The monoisotopic (exact) mass is 202 g/mol. The lowest BCUT2D eigenvalue weighted by molar-refractivity contribution is 1.12. The third kappa shape index (κ3) is 7.70. The minimum Gasteiger partial charge on any atom is -0.760 e. The van der Waals surface area contributed by atoms with Crippen molar-refractivity contribution in [3.05, 3.63) is 0 Å². The molecule has 0 saturated carbocycles.